The molecule has 20 nitrogen and oxygen atoms in total. The van der Waals surface area contributed by atoms with E-state index >= 15 is 0 Å². The van der Waals surface area contributed by atoms with Crippen LogP contribution in [0.2, 0.25) is 0 Å². The van der Waals surface area contributed by atoms with E-state index < -0.39 is 11.9 Å². The standard InChI is InChI=1S/C24H25NO5.C24H25NO4.C23H25NO2.HN3.N2.H3N/c25-16-19-9-13-21(14-10-19)30-23(26)20-11-7-18(8-12-20)6-4-2-1-3-5-15-28-24(27)22-17-29-22;1-2-23(26)28-17-7-5-3-4-6-8-19-9-13-21(14-10-19)24(27)29-22-15-11-20(18-25)12-16-22;1-2-23(25)26-17-7-5-3-4-6-8-19-9-13-21(14-10-19)22-15-11-20(18-24)12-16-22;1-3-2;1-2;/h7-14,22H,1-6,15,17H2;2,9-16H,1,3-8,17H2;2,9-16H,1,3-8,17H2;1H;;1H3. The first kappa shape index (κ1) is 76.4. The Labute approximate surface area is 533 Å². The smallest absolute Gasteiger partial charge is 0.343 e. The summed E-state index contributed by atoms with van der Waals surface area (Å²) in [5.74, 6) is -0.947. The summed E-state index contributed by atoms with van der Waals surface area (Å²) >= 11 is 0. The lowest BCUT2D eigenvalue weighted by Gasteiger charge is -2.06. The zero-order chi connectivity index (χ0) is 65.4. The van der Waals surface area contributed by atoms with Crippen LogP contribution in [0.4, 0.5) is 0 Å². The minimum atomic E-state index is -0.418. The Morgan fingerprint density at radius 2 is 0.747 bits per heavy atom. The Hall–Kier alpha value is -10.7. The lowest BCUT2D eigenvalue weighted by Crippen LogP contribution is -2.12. The van der Waals surface area contributed by atoms with E-state index in [1.165, 1.54) is 47.2 Å². The first-order valence-corrected chi connectivity index (χ1v) is 29.7. The number of unbranched alkanes of at least 4 members (excludes halogenated alkanes) is 12. The molecule has 0 aliphatic carbocycles. The Morgan fingerprint density at radius 1 is 0.473 bits per heavy atom. The van der Waals surface area contributed by atoms with E-state index in [2.05, 4.69) is 43.5 Å². The summed E-state index contributed by atoms with van der Waals surface area (Å²) in [5, 5.41) is 38.4. The van der Waals surface area contributed by atoms with Gasteiger partial charge in [-0.2, -0.15) is 15.8 Å². The van der Waals surface area contributed by atoms with Gasteiger partial charge in [-0.1, -0.05) is 132 Å². The summed E-state index contributed by atoms with van der Waals surface area (Å²) in [7, 11) is 0. The van der Waals surface area contributed by atoms with Gasteiger partial charge in [0.05, 0.1) is 72.5 Å². The molecule has 1 aliphatic rings. The van der Waals surface area contributed by atoms with E-state index in [0.717, 1.165) is 108 Å². The quantitative estimate of drug-likeness (QED) is 0.00378. The minimum absolute atomic E-state index is 0. The second-order valence-electron chi connectivity index (χ2n) is 20.2. The normalized spacial score (nSPS) is 11.0. The zero-order valence-corrected chi connectivity index (χ0v) is 51.4. The molecule has 0 saturated carbocycles. The van der Waals surface area contributed by atoms with Gasteiger partial charge in [-0.15, -0.1) is 5.53 Å². The molecule has 6 aromatic carbocycles. The number of rotatable bonds is 32. The van der Waals surface area contributed by atoms with Crippen molar-refractivity contribution in [3.05, 3.63) is 226 Å². The van der Waals surface area contributed by atoms with Crippen molar-refractivity contribution in [2.45, 2.75) is 122 Å². The minimum Gasteiger partial charge on any atom is -0.464 e. The highest BCUT2D eigenvalue weighted by Gasteiger charge is 2.32. The number of nitrogens with one attached hydrogen (secondary N) is 1. The van der Waals surface area contributed by atoms with Crippen LogP contribution in [0.3, 0.4) is 0 Å². The van der Waals surface area contributed by atoms with Crippen LogP contribution in [-0.2, 0) is 52.6 Å². The average molecular weight is 1230 g/mol. The molecule has 0 aromatic heterocycles. The molecule has 20 heteroatoms. The van der Waals surface area contributed by atoms with Crippen LogP contribution in [0.15, 0.2) is 171 Å². The first-order chi connectivity index (χ1) is 43.9. The van der Waals surface area contributed by atoms with Crippen LogP contribution in [0, 0.1) is 50.3 Å². The molecule has 6 aromatic rings. The van der Waals surface area contributed by atoms with Crippen molar-refractivity contribution in [3.8, 4) is 40.8 Å². The summed E-state index contributed by atoms with van der Waals surface area (Å²) in [6.45, 7) is 8.64. The highest BCUT2D eigenvalue weighted by Crippen LogP contribution is 2.23. The maximum atomic E-state index is 12.2. The van der Waals surface area contributed by atoms with E-state index in [0.29, 0.717) is 65.7 Å². The first-order valence-electron chi connectivity index (χ1n) is 29.7. The van der Waals surface area contributed by atoms with E-state index in [-0.39, 0.29) is 30.2 Å². The van der Waals surface area contributed by atoms with Crippen molar-refractivity contribution in [1.82, 2.24) is 6.15 Å². The van der Waals surface area contributed by atoms with Gasteiger partial charge in [0.2, 0.25) is 0 Å². The number of nitriles is 3. The third-order valence-corrected chi connectivity index (χ3v) is 13.6. The number of ether oxygens (including phenoxy) is 6. The van der Waals surface area contributed by atoms with Crippen molar-refractivity contribution in [2.75, 3.05) is 26.4 Å². The number of nitrogens with zero attached hydrogens (tertiary/aromatic N) is 7. The lowest BCUT2D eigenvalue weighted by atomic mass is 10.0. The molecule has 1 saturated heterocycles. The van der Waals surface area contributed by atoms with Crippen molar-refractivity contribution >= 4 is 29.8 Å². The topological polar surface area (TPSA) is 358 Å². The van der Waals surface area contributed by atoms with Gasteiger partial charge < -0.3 is 34.6 Å². The lowest BCUT2D eigenvalue weighted by molar-refractivity contribution is -0.145. The number of aryl methyl sites for hydroxylation is 3. The van der Waals surface area contributed by atoms with Crippen molar-refractivity contribution in [2.24, 2.45) is 0 Å². The van der Waals surface area contributed by atoms with Crippen LogP contribution in [-0.4, -0.2) is 62.4 Å². The molecule has 1 atom stereocenters. The molecule has 1 fully saturated rings. The molecule has 0 spiro atoms. The molecule has 0 amide bonds. The fourth-order valence-corrected chi connectivity index (χ4v) is 8.54. The number of hydrogen-bond donors (Lipinski definition) is 2. The zero-order valence-electron chi connectivity index (χ0n) is 51.4. The number of benzene rings is 6. The molecule has 4 N–H and O–H groups in total. The Balaban J connectivity index is 0.000000447. The Bertz CT molecular complexity index is 3320. The summed E-state index contributed by atoms with van der Waals surface area (Å²) < 4.78 is 30.5. The van der Waals surface area contributed by atoms with Gasteiger partial charge in [0.15, 0.2) is 6.10 Å². The van der Waals surface area contributed by atoms with Gasteiger partial charge in [0.1, 0.15) is 11.5 Å². The largest absolute Gasteiger partial charge is 0.464 e. The Morgan fingerprint density at radius 3 is 1.05 bits per heavy atom. The van der Waals surface area contributed by atoms with Gasteiger partial charge in [0, 0.05) is 22.9 Å². The van der Waals surface area contributed by atoms with Crippen LogP contribution in [0.1, 0.15) is 150 Å². The molecular formula is C71H79N9O11. The molecule has 7 rings (SSSR count). The van der Waals surface area contributed by atoms with Crippen LogP contribution >= 0.6 is 0 Å². The molecule has 0 bridgehead atoms. The average Bonchev–Trinajstić information content (AvgIpc) is 3.48. The van der Waals surface area contributed by atoms with Crippen LogP contribution in [0.25, 0.3) is 21.6 Å². The molecule has 1 unspecified atom stereocenters. The predicted molar refractivity (Wildman–Crippen MR) is 343 cm³/mol. The second-order valence-corrected chi connectivity index (χ2v) is 20.2. The third kappa shape index (κ3) is 33.3. The number of hydrogen-bond acceptors (Lipinski definition) is 18. The fourth-order valence-electron chi connectivity index (χ4n) is 8.54. The maximum Gasteiger partial charge on any atom is 0.343 e. The highest BCUT2D eigenvalue weighted by atomic mass is 16.6. The van der Waals surface area contributed by atoms with Crippen molar-refractivity contribution in [1.29, 1.82) is 32.1 Å². The van der Waals surface area contributed by atoms with E-state index in [9.17, 15) is 24.0 Å². The van der Waals surface area contributed by atoms with Crippen molar-refractivity contribution in [3.63, 3.8) is 0 Å². The van der Waals surface area contributed by atoms with E-state index in [1.54, 1.807) is 77.7 Å². The van der Waals surface area contributed by atoms with Gasteiger partial charge in [0.25, 0.3) is 0 Å². The van der Waals surface area contributed by atoms with Gasteiger partial charge in [-0.05, 0) is 181 Å². The van der Waals surface area contributed by atoms with Crippen LogP contribution in [0.5, 0.6) is 11.5 Å². The summed E-state index contributed by atoms with van der Waals surface area (Å²) in [6.07, 6.45) is 21.0. The number of esters is 5. The SMILES string of the molecule is C=CC(=O)OCCCCCCCc1ccc(-c2ccc(C#N)cc2)cc1.C=CC(=O)OCCCCCCCc1ccc(C(=O)Oc2ccc(C#N)cc2)cc1.N.N#Cc1ccc(OC(=O)c2ccc(CCCCCCCOC(=O)C3CO3)cc2)cc1.N#N.[N-]=[N+]=N. The van der Waals surface area contributed by atoms with Crippen LogP contribution < -0.4 is 15.6 Å². The Kier molecular flexibility index (Phi) is 39.7. The third-order valence-electron chi connectivity index (χ3n) is 13.6. The van der Waals surface area contributed by atoms with Gasteiger partial charge in [-0.3, -0.25) is 0 Å². The highest BCUT2D eigenvalue weighted by molar-refractivity contribution is 5.91. The molecule has 0 radical (unpaired) electrons. The fraction of sp³-hybridized carbons (Fsp3) is 0.324. The molecule has 91 heavy (non-hydrogen) atoms. The molecule has 474 valence electrons. The summed E-state index contributed by atoms with van der Waals surface area (Å²) in [6, 6.07) is 50.3. The number of carbonyl (C=O) groups is 5. The van der Waals surface area contributed by atoms with E-state index in [1.807, 2.05) is 60.7 Å². The number of epoxide rings is 1. The van der Waals surface area contributed by atoms with Gasteiger partial charge >= 0.3 is 29.8 Å². The van der Waals surface area contributed by atoms with Crippen molar-refractivity contribution < 1.29 is 52.4 Å². The molecule has 1 aliphatic heterocycles. The monoisotopic (exact) mass is 1230 g/mol. The summed E-state index contributed by atoms with van der Waals surface area (Å²) in [5.41, 5.74) is 21.0. The van der Waals surface area contributed by atoms with Gasteiger partial charge in [-0.25, -0.2) is 24.0 Å². The maximum absolute atomic E-state index is 12.2. The second kappa shape index (κ2) is 47.4. The number of carbonyl (C=O) groups excluding carboxylic acids is 5. The summed E-state index contributed by atoms with van der Waals surface area (Å²) in [4.78, 5) is 59.3. The predicted octanol–water partition coefficient (Wildman–Crippen LogP) is 15.7. The molecule has 1 heterocycles. The molecular weight excluding hydrogens is 1150 g/mol. The van der Waals surface area contributed by atoms with E-state index in [4.69, 9.17) is 66.1 Å².